The van der Waals surface area contributed by atoms with E-state index in [2.05, 4.69) is 23.8 Å². The summed E-state index contributed by atoms with van der Waals surface area (Å²) in [6, 6.07) is 12.9. The van der Waals surface area contributed by atoms with Crippen molar-refractivity contribution in [2.75, 3.05) is 0 Å². The Balaban J connectivity index is 2.22. The van der Waals surface area contributed by atoms with Gasteiger partial charge in [-0.3, -0.25) is 9.78 Å². The molecule has 4 heteroatoms. The maximum Gasteiger partial charge on any atom is 0.252 e. The van der Waals surface area contributed by atoms with Gasteiger partial charge in [0.05, 0.1) is 16.6 Å². The number of aromatic nitrogens is 2. The molecule has 0 aliphatic rings. The average molecular weight is 294 g/mol. The predicted octanol–water partition coefficient (Wildman–Crippen LogP) is 3.84. The van der Waals surface area contributed by atoms with Crippen LogP contribution in [0, 0.1) is 0 Å². The zero-order valence-electron chi connectivity index (χ0n) is 12.7. The van der Waals surface area contributed by atoms with Gasteiger partial charge in [0.15, 0.2) is 0 Å². The van der Waals surface area contributed by atoms with Crippen molar-refractivity contribution in [3.8, 4) is 11.5 Å². The van der Waals surface area contributed by atoms with Crippen molar-refractivity contribution in [1.82, 2.24) is 9.97 Å². The van der Waals surface area contributed by atoms with E-state index >= 15 is 0 Å². The van der Waals surface area contributed by atoms with Gasteiger partial charge in [0, 0.05) is 11.8 Å². The van der Waals surface area contributed by atoms with Gasteiger partial charge in [-0.15, -0.1) is 0 Å². The molecule has 3 aromatic rings. The second-order valence-electron chi connectivity index (χ2n) is 5.10. The van der Waals surface area contributed by atoms with Crippen LogP contribution in [0.3, 0.4) is 0 Å². The molecule has 22 heavy (non-hydrogen) atoms. The van der Waals surface area contributed by atoms with Crippen LogP contribution >= 0.6 is 0 Å². The standard InChI is InChI=1S/C18H18N2O2/c1-3-12-10-15-18(14(4-2)19-12)16(11-17(21)20-15)22-13-8-6-5-7-9-13/h5-11H,3-4H2,1-2H3,(H,20,21). The predicted molar refractivity (Wildman–Crippen MR) is 87.6 cm³/mol. The first-order valence-corrected chi connectivity index (χ1v) is 7.50. The normalized spacial score (nSPS) is 10.8. The van der Waals surface area contributed by atoms with E-state index in [0.717, 1.165) is 35.1 Å². The Kier molecular flexibility index (Phi) is 3.92. The van der Waals surface area contributed by atoms with Crippen LogP contribution in [0.2, 0.25) is 0 Å². The third-order valence-corrected chi connectivity index (χ3v) is 3.58. The van der Waals surface area contributed by atoms with Crippen LogP contribution in [-0.2, 0) is 12.8 Å². The number of aromatic amines is 1. The van der Waals surface area contributed by atoms with Crippen LogP contribution in [0.4, 0.5) is 0 Å². The van der Waals surface area contributed by atoms with Gasteiger partial charge in [0.2, 0.25) is 0 Å². The Labute approximate surface area is 128 Å². The quantitative estimate of drug-likeness (QED) is 0.795. The van der Waals surface area contributed by atoms with Gasteiger partial charge in [-0.1, -0.05) is 32.0 Å². The van der Waals surface area contributed by atoms with Crippen LogP contribution in [0.5, 0.6) is 11.5 Å². The molecule has 3 rings (SSSR count). The number of benzene rings is 1. The number of nitrogens with zero attached hydrogens (tertiary/aromatic N) is 1. The molecule has 0 aliphatic heterocycles. The molecule has 0 saturated carbocycles. The Morgan fingerprint density at radius 2 is 1.86 bits per heavy atom. The van der Waals surface area contributed by atoms with Gasteiger partial charge in [0.25, 0.3) is 5.56 Å². The van der Waals surface area contributed by atoms with Gasteiger partial charge < -0.3 is 9.72 Å². The van der Waals surface area contributed by atoms with Crippen LogP contribution in [-0.4, -0.2) is 9.97 Å². The number of hydrogen-bond acceptors (Lipinski definition) is 3. The maximum absolute atomic E-state index is 11.9. The minimum atomic E-state index is -0.172. The lowest BCUT2D eigenvalue weighted by molar-refractivity contribution is 0.486. The first-order chi connectivity index (χ1) is 10.7. The Hall–Kier alpha value is -2.62. The molecule has 0 unspecified atom stereocenters. The summed E-state index contributed by atoms with van der Waals surface area (Å²) in [5, 5.41) is 0.878. The molecule has 1 aromatic carbocycles. The summed E-state index contributed by atoms with van der Waals surface area (Å²) in [4.78, 5) is 19.5. The molecule has 0 spiro atoms. The number of nitrogens with one attached hydrogen (secondary N) is 1. The van der Waals surface area contributed by atoms with E-state index in [-0.39, 0.29) is 5.56 Å². The number of H-pyrrole nitrogens is 1. The summed E-state index contributed by atoms with van der Waals surface area (Å²) in [5.74, 6) is 1.26. The fourth-order valence-electron chi connectivity index (χ4n) is 2.52. The third kappa shape index (κ3) is 2.72. The number of fused-ring (bicyclic) bond motifs is 1. The average Bonchev–Trinajstić information content (AvgIpc) is 2.54. The Morgan fingerprint density at radius 1 is 1.09 bits per heavy atom. The molecular formula is C18H18N2O2. The molecule has 0 atom stereocenters. The smallest absolute Gasteiger partial charge is 0.252 e. The van der Waals surface area contributed by atoms with Crippen molar-refractivity contribution in [3.05, 3.63) is 64.2 Å². The molecule has 0 fully saturated rings. The number of ether oxygens (including phenoxy) is 1. The lowest BCUT2D eigenvalue weighted by atomic mass is 10.1. The second-order valence-corrected chi connectivity index (χ2v) is 5.10. The molecule has 0 aliphatic carbocycles. The molecule has 4 nitrogen and oxygen atoms in total. The van der Waals surface area contributed by atoms with Crippen LogP contribution in [0.15, 0.2) is 47.3 Å². The van der Waals surface area contributed by atoms with Crippen molar-refractivity contribution >= 4 is 10.9 Å². The zero-order chi connectivity index (χ0) is 15.5. The summed E-state index contributed by atoms with van der Waals surface area (Å²) in [5.41, 5.74) is 2.52. The highest BCUT2D eigenvalue weighted by Crippen LogP contribution is 2.30. The largest absolute Gasteiger partial charge is 0.456 e. The monoisotopic (exact) mass is 294 g/mol. The van der Waals surface area contributed by atoms with Crippen LogP contribution in [0.1, 0.15) is 25.2 Å². The highest BCUT2D eigenvalue weighted by atomic mass is 16.5. The fourth-order valence-corrected chi connectivity index (χ4v) is 2.52. The van der Waals surface area contributed by atoms with Crippen LogP contribution < -0.4 is 10.3 Å². The molecule has 2 heterocycles. The first kappa shape index (κ1) is 14.3. The van der Waals surface area contributed by atoms with Crippen molar-refractivity contribution in [1.29, 1.82) is 0 Å². The summed E-state index contributed by atoms with van der Waals surface area (Å²) < 4.78 is 5.93. The topological polar surface area (TPSA) is 55.0 Å². The zero-order valence-corrected chi connectivity index (χ0v) is 12.7. The minimum Gasteiger partial charge on any atom is -0.456 e. The van der Waals surface area contributed by atoms with E-state index in [9.17, 15) is 4.79 Å². The molecule has 2 aromatic heterocycles. The third-order valence-electron chi connectivity index (χ3n) is 3.58. The number of para-hydroxylation sites is 1. The summed E-state index contributed by atoms with van der Waals surface area (Å²) in [7, 11) is 0. The summed E-state index contributed by atoms with van der Waals surface area (Å²) in [6.07, 6.45) is 1.61. The highest BCUT2D eigenvalue weighted by Gasteiger charge is 2.12. The van der Waals surface area contributed by atoms with E-state index in [4.69, 9.17) is 4.74 Å². The first-order valence-electron chi connectivity index (χ1n) is 7.50. The maximum atomic E-state index is 11.9. The van der Waals surface area contributed by atoms with E-state index in [1.165, 1.54) is 6.07 Å². The van der Waals surface area contributed by atoms with E-state index in [1.54, 1.807) is 0 Å². The van der Waals surface area contributed by atoms with E-state index < -0.39 is 0 Å². The minimum absolute atomic E-state index is 0.172. The van der Waals surface area contributed by atoms with E-state index in [1.807, 2.05) is 36.4 Å². The van der Waals surface area contributed by atoms with Crippen LogP contribution in [0.25, 0.3) is 10.9 Å². The van der Waals surface area contributed by atoms with Gasteiger partial charge >= 0.3 is 0 Å². The van der Waals surface area contributed by atoms with Crippen molar-refractivity contribution in [3.63, 3.8) is 0 Å². The van der Waals surface area contributed by atoms with Gasteiger partial charge in [-0.05, 0) is 31.0 Å². The molecular weight excluding hydrogens is 276 g/mol. The fraction of sp³-hybridized carbons (Fsp3) is 0.222. The lowest BCUT2D eigenvalue weighted by Crippen LogP contribution is -2.08. The Morgan fingerprint density at radius 3 is 2.55 bits per heavy atom. The number of pyridine rings is 2. The number of rotatable bonds is 4. The summed E-state index contributed by atoms with van der Waals surface area (Å²) >= 11 is 0. The van der Waals surface area contributed by atoms with Crippen molar-refractivity contribution in [2.24, 2.45) is 0 Å². The molecule has 0 bridgehead atoms. The Bertz CT molecular complexity index is 854. The van der Waals surface area contributed by atoms with Crippen molar-refractivity contribution < 1.29 is 4.74 Å². The van der Waals surface area contributed by atoms with Crippen molar-refractivity contribution in [2.45, 2.75) is 26.7 Å². The van der Waals surface area contributed by atoms with Gasteiger partial charge in [-0.2, -0.15) is 0 Å². The van der Waals surface area contributed by atoms with Gasteiger partial charge in [-0.25, -0.2) is 0 Å². The highest BCUT2D eigenvalue weighted by molar-refractivity contribution is 5.87. The number of aryl methyl sites for hydroxylation is 2. The molecule has 112 valence electrons. The van der Waals surface area contributed by atoms with E-state index in [0.29, 0.717) is 11.5 Å². The summed E-state index contributed by atoms with van der Waals surface area (Å²) in [6.45, 7) is 4.11. The molecule has 1 N–H and O–H groups in total. The van der Waals surface area contributed by atoms with Gasteiger partial charge in [0.1, 0.15) is 11.5 Å². The lowest BCUT2D eigenvalue weighted by Gasteiger charge is -2.12. The molecule has 0 radical (unpaired) electrons. The molecule has 0 saturated heterocycles. The number of hydrogen-bond donors (Lipinski definition) is 1. The second kappa shape index (κ2) is 6.02. The molecule has 0 amide bonds. The SMILES string of the molecule is CCc1cc2[nH]c(=O)cc(Oc3ccccc3)c2c(CC)n1.